The van der Waals surface area contributed by atoms with E-state index in [4.69, 9.17) is 5.11 Å². The standard InChI is InChI=1S/C8H9N3O3S/c12-7(5-1-9-10-2-5)11-4-15-3-6(11)8(13)14/h1-2,6H,3-4H2,(H,9,10)(H,13,14). The molecule has 0 spiro atoms. The van der Waals surface area contributed by atoms with Crippen molar-refractivity contribution in [2.24, 2.45) is 0 Å². The molecule has 1 atom stereocenters. The number of amides is 1. The number of carbonyl (C=O) groups excluding carboxylic acids is 1. The van der Waals surface area contributed by atoms with E-state index in [9.17, 15) is 9.59 Å². The number of rotatable bonds is 2. The molecule has 0 bridgehead atoms. The minimum atomic E-state index is -0.961. The maximum atomic E-state index is 11.8. The fourth-order valence-corrected chi connectivity index (χ4v) is 2.53. The fraction of sp³-hybridized carbons (Fsp3) is 0.375. The molecule has 6 nitrogen and oxygen atoms in total. The van der Waals surface area contributed by atoms with Gasteiger partial charge in [0.15, 0.2) is 0 Å². The number of thioether (sulfide) groups is 1. The summed E-state index contributed by atoms with van der Waals surface area (Å²) in [5, 5.41) is 15.1. The number of nitrogens with zero attached hydrogens (tertiary/aromatic N) is 2. The number of nitrogens with one attached hydrogen (secondary N) is 1. The predicted molar refractivity (Wildman–Crippen MR) is 53.5 cm³/mol. The number of H-pyrrole nitrogens is 1. The molecule has 1 aromatic rings. The molecule has 2 N–H and O–H groups in total. The third-order valence-corrected chi connectivity index (χ3v) is 3.19. The Kier molecular flexibility index (Phi) is 2.63. The summed E-state index contributed by atoms with van der Waals surface area (Å²) in [6, 6.07) is -0.725. The molecule has 2 heterocycles. The number of hydrogen-bond acceptors (Lipinski definition) is 4. The van der Waals surface area contributed by atoms with Gasteiger partial charge in [-0.25, -0.2) is 4.79 Å². The predicted octanol–water partition coefficient (Wildman–Crippen LogP) is 0.00940. The average Bonchev–Trinajstić information content (AvgIpc) is 2.88. The lowest BCUT2D eigenvalue weighted by atomic mass is 10.2. The van der Waals surface area contributed by atoms with Crippen molar-refractivity contribution in [2.75, 3.05) is 11.6 Å². The summed E-state index contributed by atoms with van der Waals surface area (Å²) < 4.78 is 0. The largest absolute Gasteiger partial charge is 0.480 e. The van der Waals surface area contributed by atoms with E-state index in [1.54, 1.807) is 0 Å². The number of aliphatic carboxylic acids is 1. The maximum absolute atomic E-state index is 11.8. The first-order valence-electron chi connectivity index (χ1n) is 4.30. The molecule has 1 saturated heterocycles. The van der Waals surface area contributed by atoms with Gasteiger partial charge in [0.05, 0.1) is 17.6 Å². The van der Waals surface area contributed by atoms with Gasteiger partial charge in [0.2, 0.25) is 0 Å². The van der Waals surface area contributed by atoms with Crippen LogP contribution in [0.1, 0.15) is 10.4 Å². The molecule has 0 saturated carbocycles. The van der Waals surface area contributed by atoms with Crippen molar-refractivity contribution in [3.63, 3.8) is 0 Å². The van der Waals surface area contributed by atoms with Crippen molar-refractivity contribution in [1.29, 1.82) is 0 Å². The lowest BCUT2D eigenvalue weighted by Gasteiger charge is -2.19. The highest BCUT2D eigenvalue weighted by molar-refractivity contribution is 7.99. The number of carboxylic acids is 1. The Morgan fingerprint density at radius 2 is 2.47 bits per heavy atom. The summed E-state index contributed by atoms with van der Waals surface area (Å²) in [5.41, 5.74) is 0.392. The van der Waals surface area contributed by atoms with Gasteiger partial charge in [0, 0.05) is 11.9 Å². The first-order chi connectivity index (χ1) is 7.20. The number of aromatic amines is 1. The number of aromatic nitrogens is 2. The van der Waals surface area contributed by atoms with Crippen LogP contribution in [-0.2, 0) is 4.79 Å². The lowest BCUT2D eigenvalue weighted by Crippen LogP contribution is -2.41. The SMILES string of the molecule is O=C(O)C1CSCN1C(=O)c1cn[nH]c1. The van der Waals surface area contributed by atoms with Crippen LogP contribution in [-0.4, -0.2) is 49.8 Å². The Morgan fingerprint density at radius 3 is 3.07 bits per heavy atom. The summed E-state index contributed by atoms with van der Waals surface area (Å²) in [4.78, 5) is 24.0. The first kappa shape index (κ1) is 10.0. The molecule has 1 unspecified atom stereocenters. The van der Waals surface area contributed by atoms with Crippen LogP contribution in [0, 0.1) is 0 Å². The molecule has 1 fully saturated rings. The number of carbonyl (C=O) groups is 2. The zero-order valence-electron chi connectivity index (χ0n) is 7.71. The highest BCUT2D eigenvalue weighted by atomic mass is 32.2. The molecule has 1 amide bonds. The quantitative estimate of drug-likeness (QED) is 0.743. The van der Waals surface area contributed by atoms with Crippen LogP contribution in [0.25, 0.3) is 0 Å². The second-order valence-corrected chi connectivity index (χ2v) is 4.12. The van der Waals surface area contributed by atoms with Crippen LogP contribution in [0.5, 0.6) is 0 Å². The number of carboxylic acid groups (broad SMARTS) is 1. The molecule has 1 aliphatic heterocycles. The molecule has 80 valence electrons. The van der Waals surface area contributed by atoms with Gasteiger partial charge in [-0.2, -0.15) is 5.10 Å². The van der Waals surface area contributed by atoms with Crippen molar-refractivity contribution >= 4 is 23.6 Å². The highest BCUT2D eigenvalue weighted by Crippen LogP contribution is 2.22. The van der Waals surface area contributed by atoms with Crippen LogP contribution < -0.4 is 0 Å². The summed E-state index contributed by atoms with van der Waals surface area (Å²) in [7, 11) is 0. The van der Waals surface area contributed by atoms with Gasteiger partial charge < -0.3 is 10.0 Å². The average molecular weight is 227 g/mol. The monoisotopic (exact) mass is 227 g/mol. The van der Waals surface area contributed by atoms with E-state index in [-0.39, 0.29) is 5.91 Å². The second-order valence-electron chi connectivity index (χ2n) is 3.12. The zero-order chi connectivity index (χ0) is 10.8. The van der Waals surface area contributed by atoms with Gasteiger partial charge >= 0.3 is 5.97 Å². The molecule has 1 aromatic heterocycles. The molecule has 0 aliphatic carbocycles. The van der Waals surface area contributed by atoms with Crippen LogP contribution in [0.2, 0.25) is 0 Å². The van der Waals surface area contributed by atoms with Crippen LogP contribution >= 0.6 is 11.8 Å². The lowest BCUT2D eigenvalue weighted by molar-refractivity contribution is -0.140. The minimum Gasteiger partial charge on any atom is -0.480 e. The van der Waals surface area contributed by atoms with Crippen LogP contribution in [0.15, 0.2) is 12.4 Å². The van der Waals surface area contributed by atoms with E-state index in [0.29, 0.717) is 17.2 Å². The molecular formula is C8H9N3O3S. The Hall–Kier alpha value is -1.50. The Morgan fingerprint density at radius 1 is 1.67 bits per heavy atom. The maximum Gasteiger partial charge on any atom is 0.327 e. The number of hydrogen-bond donors (Lipinski definition) is 2. The molecule has 1 aliphatic rings. The molecule has 7 heteroatoms. The van der Waals surface area contributed by atoms with Gasteiger partial charge in [-0.15, -0.1) is 11.8 Å². The van der Waals surface area contributed by atoms with E-state index < -0.39 is 12.0 Å². The molecule has 2 rings (SSSR count). The molecule has 0 radical (unpaired) electrons. The Balaban J connectivity index is 2.17. The molecule has 0 aromatic carbocycles. The van der Waals surface area contributed by atoms with Crippen LogP contribution in [0.3, 0.4) is 0 Å². The topological polar surface area (TPSA) is 86.3 Å². The van der Waals surface area contributed by atoms with E-state index in [2.05, 4.69) is 10.2 Å². The summed E-state index contributed by atoms with van der Waals surface area (Å²) >= 11 is 1.44. The third-order valence-electron chi connectivity index (χ3n) is 2.17. The van der Waals surface area contributed by atoms with Gasteiger partial charge in [0.1, 0.15) is 6.04 Å². The normalized spacial score (nSPS) is 20.5. The summed E-state index contributed by atoms with van der Waals surface area (Å²) in [6.45, 7) is 0. The van der Waals surface area contributed by atoms with Crippen molar-refractivity contribution < 1.29 is 14.7 Å². The van der Waals surface area contributed by atoms with Gasteiger partial charge in [-0.3, -0.25) is 9.89 Å². The van der Waals surface area contributed by atoms with E-state index in [1.807, 2.05) is 0 Å². The molecular weight excluding hydrogens is 218 g/mol. The van der Waals surface area contributed by atoms with E-state index in [0.717, 1.165) is 0 Å². The summed E-state index contributed by atoms with van der Waals surface area (Å²) in [5.74, 6) is -0.391. The summed E-state index contributed by atoms with van der Waals surface area (Å²) in [6.07, 6.45) is 2.86. The van der Waals surface area contributed by atoms with E-state index in [1.165, 1.54) is 29.1 Å². The van der Waals surface area contributed by atoms with Crippen molar-refractivity contribution in [3.8, 4) is 0 Å². The molecule has 15 heavy (non-hydrogen) atoms. The first-order valence-corrected chi connectivity index (χ1v) is 5.46. The van der Waals surface area contributed by atoms with Gasteiger partial charge in [0.25, 0.3) is 5.91 Å². The van der Waals surface area contributed by atoms with Crippen molar-refractivity contribution in [3.05, 3.63) is 18.0 Å². The van der Waals surface area contributed by atoms with Gasteiger partial charge in [-0.05, 0) is 0 Å². The van der Waals surface area contributed by atoms with E-state index >= 15 is 0 Å². The van der Waals surface area contributed by atoms with Crippen LogP contribution in [0.4, 0.5) is 0 Å². The third kappa shape index (κ3) is 1.82. The Labute approximate surface area is 89.6 Å². The van der Waals surface area contributed by atoms with Gasteiger partial charge in [-0.1, -0.05) is 0 Å². The zero-order valence-corrected chi connectivity index (χ0v) is 8.53. The van der Waals surface area contributed by atoms with Crippen molar-refractivity contribution in [2.45, 2.75) is 6.04 Å². The smallest absolute Gasteiger partial charge is 0.327 e. The minimum absolute atomic E-state index is 0.291. The second kappa shape index (κ2) is 3.93. The van der Waals surface area contributed by atoms with Crippen molar-refractivity contribution in [1.82, 2.24) is 15.1 Å². The highest BCUT2D eigenvalue weighted by Gasteiger charge is 2.35. The Bertz CT molecular complexity index is 378. The fourth-order valence-electron chi connectivity index (χ4n) is 1.38.